The molecule has 2 aromatic carbocycles. The summed E-state index contributed by atoms with van der Waals surface area (Å²) in [6.07, 6.45) is 0. The van der Waals surface area contributed by atoms with Crippen molar-refractivity contribution in [1.82, 2.24) is 0 Å². The first-order chi connectivity index (χ1) is 9.81. The van der Waals surface area contributed by atoms with Crippen molar-refractivity contribution in [2.75, 3.05) is 11.5 Å². The largest absolute Gasteiger partial charge is 0.478 e. The molecule has 0 bridgehead atoms. The van der Waals surface area contributed by atoms with E-state index in [4.69, 9.17) is 16.6 Å². The molecule has 0 spiro atoms. The molecule has 21 heavy (non-hydrogen) atoms. The van der Waals surface area contributed by atoms with E-state index in [1.54, 1.807) is 0 Å². The molecule has 7 nitrogen and oxygen atoms in total. The first-order valence-corrected chi connectivity index (χ1v) is 6.39. The number of hydrogen-bond donors (Lipinski definition) is 3. The molecule has 0 saturated heterocycles. The number of nitro benzene ring substituents is 1. The lowest BCUT2D eigenvalue weighted by molar-refractivity contribution is -0.383. The number of carboxylic acid groups (broad SMARTS) is 1. The lowest BCUT2D eigenvalue weighted by Crippen LogP contribution is -2.00. The van der Waals surface area contributed by atoms with Crippen LogP contribution in [0.5, 0.6) is 0 Å². The van der Waals surface area contributed by atoms with Gasteiger partial charge in [-0.15, -0.1) is 0 Å². The molecule has 8 heteroatoms. The van der Waals surface area contributed by atoms with E-state index in [9.17, 15) is 14.9 Å². The first kappa shape index (κ1) is 16.4. The van der Waals surface area contributed by atoms with Crippen LogP contribution in [0.1, 0.15) is 10.4 Å². The van der Waals surface area contributed by atoms with Crippen molar-refractivity contribution in [2.24, 2.45) is 0 Å². The smallest absolute Gasteiger partial charge is 0.335 e. The molecule has 0 heterocycles. The minimum Gasteiger partial charge on any atom is -0.478 e. The Balaban J connectivity index is 0.000000235. The van der Waals surface area contributed by atoms with Crippen LogP contribution in [-0.2, 0) is 0 Å². The Kier molecular flexibility index (Phi) is 5.67. The van der Waals surface area contributed by atoms with Crippen molar-refractivity contribution >= 4 is 39.0 Å². The summed E-state index contributed by atoms with van der Waals surface area (Å²) in [5, 5.41) is 18.8. The molecule has 0 radical (unpaired) electrons. The number of nitro groups is 1. The predicted molar refractivity (Wildman–Crippen MR) is 83.0 cm³/mol. The molecular formula is C13H12BrN3O4. The molecule has 110 valence electrons. The third-order valence-corrected chi connectivity index (χ3v) is 2.82. The van der Waals surface area contributed by atoms with Crippen LogP contribution in [0.3, 0.4) is 0 Å². The normalized spacial score (nSPS) is 9.38. The number of nitrogens with zero attached hydrogens (tertiary/aromatic N) is 1. The second kappa shape index (κ2) is 7.25. The zero-order valence-corrected chi connectivity index (χ0v) is 12.3. The van der Waals surface area contributed by atoms with Crippen molar-refractivity contribution in [3.8, 4) is 0 Å². The quantitative estimate of drug-likeness (QED) is 0.431. The van der Waals surface area contributed by atoms with Crippen LogP contribution in [-0.4, -0.2) is 16.0 Å². The highest BCUT2D eigenvalue weighted by molar-refractivity contribution is 9.10. The lowest BCUT2D eigenvalue weighted by Gasteiger charge is -1.97. The second-order valence-corrected chi connectivity index (χ2v) is 4.81. The Hall–Kier alpha value is -2.61. The van der Waals surface area contributed by atoms with Gasteiger partial charge in [0.15, 0.2) is 0 Å². The zero-order chi connectivity index (χ0) is 16.0. The topological polar surface area (TPSA) is 132 Å². The minimum atomic E-state index is -1.22. The second-order valence-electron chi connectivity index (χ2n) is 3.89. The molecule has 0 aliphatic rings. The van der Waals surface area contributed by atoms with E-state index in [1.807, 2.05) is 24.3 Å². The van der Waals surface area contributed by atoms with Crippen LogP contribution >= 0.6 is 15.9 Å². The predicted octanol–water partition coefficient (Wildman–Crippen LogP) is 2.91. The van der Waals surface area contributed by atoms with Gasteiger partial charge in [-0.1, -0.05) is 22.0 Å². The van der Waals surface area contributed by atoms with Gasteiger partial charge >= 0.3 is 5.97 Å². The molecule has 0 unspecified atom stereocenters. The average Bonchev–Trinajstić information content (AvgIpc) is 2.39. The number of hydrogen-bond acceptors (Lipinski definition) is 5. The summed E-state index contributed by atoms with van der Waals surface area (Å²) in [6, 6.07) is 10.9. The number of carbonyl (C=O) groups is 1. The van der Waals surface area contributed by atoms with Gasteiger partial charge in [-0.25, -0.2) is 4.79 Å². The number of aromatic carboxylic acids is 1. The summed E-state index contributed by atoms with van der Waals surface area (Å²) < 4.78 is 1.03. The third kappa shape index (κ3) is 5.11. The Morgan fingerprint density at radius 2 is 1.86 bits per heavy atom. The van der Waals surface area contributed by atoms with Gasteiger partial charge in [0.05, 0.1) is 10.5 Å². The molecule has 5 N–H and O–H groups in total. The number of benzene rings is 2. The fourth-order valence-electron chi connectivity index (χ4n) is 1.34. The van der Waals surface area contributed by atoms with Gasteiger partial charge in [0.25, 0.3) is 5.69 Å². The van der Waals surface area contributed by atoms with E-state index >= 15 is 0 Å². The van der Waals surface area contributed by atoms with Gasteiger partial charge in [0.2, 0.25) is 0 Å². The highest BCUT2D eigenvalue weighted by Crippen LogP contribution is 2.22. The molecule has 0 aromatic heterocycles. The summed E-state index contributed by atoms with van der Waals surface area (Å²) in [5.41, 5.74) is 10.9. The molecule has 0 atom stereocenters. The van der Waals surface area contributed by atoms with E-state index in [0.717, 1.165) is 16.2 Å². The number of rotatable bonds is 2. The van der Waals surface area contributed by atoms with E-state index in [0.29, 0.717) is 0 Å². The zero-order valence-electron chi connectivity index (χ0n) is 10.7. The van der Waals surface area contributed by atoms with Crippen molar-refractivity contribution < 1.29 is 14.8 Å². The maximum absolute atomic E-state index is 10.4. The van der Waals surface area contributed by atoms with Gasteiger partial charge < -0.3 is 16.6 Å². The Labute approximate surface area is 128 Å². The van der Waals surface area contributed by atoms with Crippen LogP contribution in [0.15, 0.2) is 46.9 Å². The maximum atomic E-state index is 10.4. The molecule has 2 rings (SSSR count). The van der Waals surface area contributed by atoms with Crippen LogP contribution in [0, 0.1) is 10.1 Å². The van der Waals surface area contributed by atoms with Crippen molar-refractivity contribution in [1.29, 1.82) is 0 Å². The lowest BCUT2D eigenvalue weighted by atomic mass is 10.2. The number of nitrogens with two attached hydrogens (primary N) is 2. The van der Waals surface area contributed by atoms with Gasteiger partial charge in [0, 0.05) is 16.2 Å². The monoisotopic (exact) mass is 353 g/mol. The van der Waals surface area contributed by atoms with E-state index < -0.39 is 10.9 Å². The molecule has 0 saturated carbocycles. The Morgan fingerprint density at radius 3 is 2.29 bits per heavy atom. The highest BCUT2D eigenvalue weighted by atomic mass is 79.9. The molecule has 2 aromatic rings. The summed E-state index contributed by atoms with van der Waals surface area (Å²) in [6.45, 7) is 0. The Morgan fingerprint density at radius 1 is 1.19 bits per heavy atom. The number of halogens is 1. The van der Waals surface area contributed by atoms with Gasteiger partial charge in [-0.2, -0.15) is 0 Å². The van der Waals surface area contributed by atoms with Crippen LogP contribution in [0.2, 0.25) is 0 Å². The van der Waals surface area contributed by atoms with Gasteiger partial charge in [0.1, 0.15) is 5.69 Å². The third-order valence-electron chi connectivity index (χ3n) is 2.32. The standard InChI is InChI=1S/C7H6N2O4.C6H6BrN/c8-5-2-1-4(7(10)11)3-6(5)9(12)13;7-5-2-1-3-6(8)4-5/h1-3H,8H2,(H,10,11);1-4H,8H2. The average molecular weight is 354 g/mol. The number of nitrogen functional groups attached to an aromatic ring is 2. The molecule has 0 fully saturated rings. The molecule has 0 aliphatic heterocycles. The first-order valence-electron chi connectivity index (χ1n) is 5.59. The van der Waals surface area contributed by atoms with Crippen molar-refractivity contribution in [3.05, 3.63) is 62.6 Å². The Bertz CT molecular complexity index is 659. The van der Waals surface area contributed by atoms with Crippen molar-refractivity contribution in [3.63, 3.8) is 0 Å². The van der Waals surface area contributed by atoms with Crippen LogP contribution in [0.4, 0.5) is 17.1 Å². The van der Waals surface area contributed by atoms with Gasteiger partial charge in [-0.05, 0) is 30.3 Å². The van der Waals surface area contributed by atoms with E-state index in [-0.39, 0.29) is 16.9 Å². The summed E-state index contributed by atoms with van der Waals surface area (Å²) in [4.78, 5) is 20.0. The maximum Gasteiger partial charge on any atom is 0.335 e. The fraction of sp³-hybridized carbons (Fsp3) is 0. The molecule has 0 amide bonds. The minimum absolute atomic E-state index is 0.0463. The molecular weight excluding hydrogens is 342 g/mol. The summed E-state index contributed by atoms with van der Waals surface area (Å²) >= 11 is 3.28. The summed E-state index contributed by atoms with van der Waals surface area (Å²) in [7, 11) is 0. The van der Waals surface area contributed by atoms with Crippen molar-refractivity contribution in [2.45, 2.75) is 0 Å². The summed E-state index contributed by atoms with van der Waals surface area (Å²) in [5.74, 6) is -1.22. The highest BCUT2D eigenvalue weighted by Gasteiger charge is 2.14. The number of anilines is 2. The molecule has 0 aliphatic carbocycles. The SMILES string of the molecule is Nc1ccc(C(=O)O)cc1[N+](=O)[O-].Nc1cccc(Br)c1. The fourth-order valence-corrected chi connectivity index (χ4v) is 1.76. The van der Waals surface area contributed by atoms with Crippen LogP contribution < -0.4 is 11.5 Å². The van der Waals surface area contributed by atoms with Crippen LogP contribution in [0.25, 0.3) is 0 Å². The van der Waals surface area contributed by atoms with E-state index in [2.05, 4.69) is 15.9 Å². The van der Waals surface area contributed by atoms with E-state index in [1.165, 1.54) is 12.1 Å². The van der Waals surface area contributed by atoms with Gasteiger partial charge in [-0.3, -0.25) is 10.1 Å². The number of carboxylic acids is 1.